The standard InChI is InChI=1S/C18H27NO5S/c1-18(2)13-25-17(19-18)14-5-4-6-15(16(14)20)24-12-11-23-10-9-22-8-7-21-3/h4-6,20H,7-13H2,1-3H3. The second-order valence-electron chi connectivity index (χ2n) is 6.24. The first-order valence-corrected chi connectivity index (χ1v) is 9.34. The third-order valence-electron chi connectivity index (χ3n) is 3.48. The highest BCUT2D eigenvalue weighted by atomic mass is 32.2. The van der Waals surface area contributed by atoms with E-state index in [1.165, 1.54) is 0 Å². The molecule has 2 rings (SSSR count). The summed E-state index contributed by atoms with van der Waals surface area (Å²) in [6.07, 6.45) is 0. The van der Waals surface area contributed by atoms with E-state index in [-0.39, 0.29) is 11.3 Å². The zero-order valence-corrected chi connectivity index (χ0v) is 15.9. The summed E-state index contributed by atoms with van der Waals surface area (Å²) in [7, 11) is 1.64. The number of hydrogen-bond acceptors (Lipinski definition) is 7. The fraction of sp³-hybridized carbons (Fsp3) is 0.611. The number of para-hydroxylation sites is 1. The second kappa shape index (κ2) is 10.0. The summed E-state index contributed by atoms with van der Waals surface area (Å²) in [6, 6.07) is 5.48. The molecule has 25 heavy (non-hydrogen) atoms. The Kier molecular flexibility index (Phi) is 8.02. The van der Waals surface area contributed by atoms with Crippen LogP contribution in [-0.4, -0.2) is 68.2 Å². The molecule has 7 heteroatoms. The number of hydrogen-bond donors (Lipinski definition) is 1. The molecule has 0 aliphatic carbocycles. The summed E-state index contributed by atoms with van der Waals surface area (Å²) < 4.78 is 21.3. The minimum atomic E-state index is -0.0948. The Balaban J connectivity index is 1.75. The number of aromatic hydroxyl groups is 1. The number of thioether (sulfide) groups is 1. The molecule has 1 aliphatic heterocycles. The van der Waals surface area contributed by atoms with Crippen LogP contribution >= 0.6 is 11.8 Å². The average molecular weight is 369 g/mol. The average Bonchev–Trinajstić information content (AvgIpc) is 2.94. The number of ether oxygens (including phenoxy) is 4. The van der Waals surface area contributed by atoms with Crippen LogP contribution in [0.1, 0.15) is 19.4 Å². The van der Waals surface area contributed by atoms with Gasteiger partial charge in [0, 0.05) is 12.9 Å². The zero-order chi connectivity index (χ0) is 18.1. The highest BCUT2D eigenvalue weighted by Crippen LogP contribution is 2.37. The molecule has 1 aromatic carbocycles. The number of rotatable bonds is 11. The Bertz CT molecular complexity index is 577. The third kappa shape index (κ3) is 6.51. The number of benzene rings is 1. The van der Waals surface area contributed by atoms with Crippen molar-refractivity contribution in [1.82, 2.24) is 0 Å². The van der Waals surface area contributed by atoms with Crippen molar-refractivity contribution < 1.29 is 24.1 Å². The van der Waals surface area contributed by atoms with Gasteiger partial charge in [0.2, 0.25) is 0 Å². The van der Waals surface area contributed by atoms with Crippen molar-refractivity contribution in [2.75, 3.05) is 52.5 Å². The van der Waals surface area contributed by atoms with Crippen LogP contribution in [-0.2, 0) is 14.2 Å². The molecule has 0 amide bonds. The molecular weight excluding hydrogens is 342 g/mol. The van der Waals surface area contributed by atoms with E-state index in [0.29, 0.717) is 45.4 Å². The molecule has 1 N–H and O–H groups in total. The Morgan fingerprint density at radius 1 is 1.08 bits per heavy atom. The maximum Gasteiger partial charge on any atom is 0.167 e. The molecule has 0 unspecified atom stereocenters. The molecule has 1 aromatic rings. The molecule has 0 fully saturated rings. The van der Waals surface area contributed by atoms with Gasteiger partial charge >= 0.3 is 0 Å². The first-order valence-electron chi connectivity index (χ1n) is 8.36. The van der Waals surface area contributed by atoms with E-state index < -0.39 is 0 Å². The van der Waals surface area contributed by atoms with Crippen molar-refractivity contribution in [3.8, 4) is 11.5 Å². The van der Waals surface area contributed by atoms with Gasteiger partial charge in [0.25, 0.3) is 0 Å². The zero-order valence-electron chi connectivity index (χ0n) is 15.1. The molecule has 0 atom stereocenters. The van der Waals surface area contributed by atoms with Gasteiger partial charge in [-0.05, 0) is 26.0 Å². The topological polar surface area (TPSA) is 69.5 Å². The summed E-state index contributed by atoms with van der Waals surface area (Å²) in [5.41, 5.74) is 0.628. The van der Waals surface area contributed by atoms with Crippen LogP contribution in [0.3, 0.4) is 0 Å². The molecule has 1 aliphatic rings. The van der Waals surface area contributed by atoms with E-state index in [1.54, 1.807) is 24.9 Å². The van der Waals surface area contributed by atoms with E-state index in [0.717, 1.165) is 16.4 Å². The van der Waals surface area contributed by atoms with Crippen LogP contribution in [0.25, 0.3) is 0 Å². The predicted molar refractivity (Wildman–Crippen MR) is 100 cm³/mol. The summed E-state index contributed by atoms with van der Waals surface area (Å²) >= 11 is 1.66. The third-order valence-corrected chi connectivity index (χ3v) is 4.92. The van der Waals surface area contributed by atoms with Crippen molar-refractivity contribution in [1.29, 1.82) is 0 Å². The van der Waals surface area contributed by atoms with E-state index in [9.17, 15) is 5.11 Å². The van der Waals surface area contributed by atoms with E-state index >= 15 is 0 Å². The number of methoxy groups -OCH3 is 1. The summed E-state index contributed by atoms with van der Waals surface area (Å²) in [6.45, 7) is 7.13. The number of nitrogens with zero attached hydrogens (tertiary/aromatic N) is 1. The number of phenolic OH excluding ortho intramolecular Hbond substituents is 1. The monoisotopic (exact) mass is 369 g/mol. The van der Waals surface area contributed by atoms with Gasteiger partial charge in [0.15, 0.2) is 11.5 Å². The van der Waals surface area contributed by atoms with Crippen LogP contribution in [0, 0.1) is 0 Å². The van der Waals surface area contributed by atoms with Gasteiger partial charge in [-0.3, -0.25) is 4.99 Å². The highest BCUT2D eigenvalue weighted by Gasteiger charge is 2.27. The predicted octanol–water partition coefficient (Wildman–Crippen LogP) is 2.72. The molecular formula is C18H27NO5S. The van der Waals surface area contributed by atoms with Crippen LogP contribution < -0.4 is 4.74 Å². The van der Waals surface area contributed by atoms with Crippen molar-refractivity contribution in [2.45, 2.75) is 19.4 Å². The second-order valence-corrected chi connectivity index (χ2v) is 7.20. The minimum Gasteiger partial charge on any atom is -0.504 e. The molecule has 0 radical (unpaired) electrons. The normalized spacial score (nSPS) is 16.0. The maximum atomic E-state index is 10.5. The van der Waals surface area contributed by atoms with Crippen molar-refractivity contribution >= 4 is 16.8 Å². The van der Waals surface area contributed by atoms with Crippen LogP contribution in [0.2, 0.25) is 0 Å². The Morgan fingerprint density at radius 2 is 1.76 bits per heavy atom. The number of aliphatic imine (C=N–C) groups is 1. The van der Waals surface area contributed by atoms with Crippen LogP contribution in [0.15, 0.2) is 23.2 Å². The summed E-state index contributed by atoms with van der Waals surface area (Å²) in [5.74, 6) is 1.49. The quantitative estimate of drug-likeness (QED) is 0.605. The van der Waals surface area contributed by atoms with Gasteiger partial charge in [-0.2, -0.15) is 0 Å². The first kappa shape index (κ1) is 20.0. The van der Waals surface area contributed by atoms with Gasteiger partial charge in [-0.25, -0.2) is 0 Å². The lowest BCUT2D eigenvalue weighted by Gasteiger charge is -2.12. The number of phenols is 1. The Morgan fingerprint density at radius 3 is 2.40 bits per heavy atom. The largest absolute Gasteiger partial charge is 0.504 e. The molecule has 6 nitrogen and oxygen atoms in total. The van der Waals surface area contributed by atoms with Crippen molar-refractivity contribution in [3.63, 3.8) is 0 Å². The molecule has 0 aromatic heterocycles. The van der Waals surface area contributed by atoms with Gasteiger partial charge in [-0.1, -0.05) is 6.07 Å². The molecule has 0 saturated heterocycles. The van der Waals surface area contributed by atoms with Crippen molar-refractivity contribution in [2.24, 2.45) is 4.99 Å². The van der Waals surface area contributed by atoms with Gasteiger partial charge in [0.1, 0.15) is 11.7 Å². The first-order chi connectivity index (χ1) is 12.0. The fourth-order valence-corrected chi connectivity index (χ4v) is 3.39. The highest BCUT2D eigenvalue weighted by molar-refractivity contribution is 8.14. The maximum absolute atomic E-state index is 10.5. The van der Waals surface area contributed by atoms with E-state index in [1.807, 2.05) is 12.1 Å². The molecule has 0 spiro atoms. The van der Waals surface area contributed by atoms with Gasteiger partial charge in [0.05, 0.1) is 44.1 Å². The molecule has 0 bridgehead atoms. The van der Waals surface area contributed by atoms with E-state index in [2.05, 4.69) is 18.8 Å². The summed E-state index contributed by atoms with van der Waals surface area (Å²) in [5, 5.41) is 11.3. The Labute approximate surface area is 153 Å². The molecule has 140 valence electrons. The Hall–Kier alpha value is -1.28. The van der Waals surface area contributed by atoms with Crippen molar-refractivity contribution in [3.05, 3.63) is 23.8 Å². The van der Waals surface area contributed by atoms with Crippen LogP contribution in [0.4, 0.5) is 0 Å². The fourth-order valence-electron chi connectivity index (χ4n) is 2.21. The summed E-state index contributed by atoms with van der Waals surface area (Å²) in [4.78, 5) is 4.66. The minimum absolute atomic E-state index is 0.0948. The van der Waals surface area contributed by atoms with Gasteiger partial charge in [-0.15, -0.1) is 11.8 Å². The van der Waals surface area contributed by atoms with Gasteiger partial charge < -0.3 is 24.1 Å². The lowest BCUT2D eigenvalue weighted by atomic mass is 10.1. The molecule has 0 saturated carbocycles. The lowest BCUT2D eigenvalue weighted by Crippen LogP contribution is -2.15. The van der Waals surface area contributed by atoms with Crippen LogP contribution in [0.5, 0.6) is 11.5 Å². The lowest BCUT2D eigenvalue weighted by molar-refractivity contribution is 0.0178. The van der Waals surface area contributed by atoms with E-state index in [4.69, 9.17) is 18.9 Å². The molecule has 1 heterocycles. The smallest absolute Gasteiger partial charge is 0.167 e. The SMILES string of the molecule is COCCOCCOCCOc1cccc(C2=NC(C)(C)CS2)c1O.